The smallest absolute Gasteiger partial charge is 0.131 e. The number of rotatable bonds is 2. The SMILES string of the molecule is Cc1cncc(Nc2cc(C#N)ccn2)c1. The minimum Gasteiger partial charge on any atom is -0.339 e. The molecule has 4 heteroatoms. The monoisotopic (exact) mass is 210 g/mol. The predicted molar refractivity (Wildman–Crippen MR) is 61.2 cm³/mol. The van der Waals surface area contributed by atoms with Crippen LogP contribution < -0.4 is 5.32 Å². The van der Waals surface area contributed by atoms with Crippen molar-refractivity contribution in [2.45, 2.75) is 6.92 Å². The van der Waals surface area contributed by atoms with Gasteiger partial charge < -0.3 is 5.32 Å². The maximum atomic E-state index is 8.75. The summed E-state index contributed by atoms with van der Waals surface area (Å²) >= 11 is 0. The van der Waals surface area contributed by atoms with Crippen LogP contribution in [0.3, 0.4) is 0 Å². The largest absolute Gasteiger partial charge is 0.339 e. The number of nitrogens with one attached hydrogen (secondary N) is 1. The third kappa shape index (κ3) is 2.34. The molecule has 0 bridgehead atoms. The number of pyridine rings is 2. The standard InChI is InChI=1S/C12H10N4/c1-9-4-11(8-14-7-9)16-12-5-10(6-13)2-3-15-12/h2-5,7-8H,1H3,(H,15,16). The van der Waals surface area contributed by atoms with E-state index in [9.17, 15) is 0 Å². The molecule has 0 aromatic carbocycles. The zero-order valence-electron chi connectivity index (χ0n) is 8.81. The second kappa shape index (κ2) is 4.41. The molecule has 2 aromatic heterocycles. The first-order valence-corrected chi connectivity index (χ1v) is 4.83. The van der Waals surface area contributed by atoms with Crippen LogP contribution in [-0.4, -0.2) is 9.97 Å². The molecule has 0 fully saturated rings. The van der Waals surface area contributed by atoms with Crippen LogP contribution >= 0.6 is 0 Å². The maximum absolute atomic E-state index is 8.75. The molecule has 0 spiro atoms. The first-order valence-electron chi connectivity index (χ1n) is 4.83. The van der Waals surface area contributed by atoms with Gasteiger partial charge in [0.1, 0.15) is 5.82 Å². The van der Waals surface area contributed by atoms with E-state index in [0.717, 1.165) is 11.3 Å². The Bertz CT molecular complexity index is 543. The molecule has 0 unspecified atom stereocenters. The summed E-state index contributed by atoms with van der Waals surface area (Å²) in [7, 11) is 0. The van der Waals surface area contributed by atoms with E-state index in [0.29, 0.717) is 11.4 Å². The van der Waals surface area contributed by atoms with E-state index in [1.165, 1.54) is 0 Å². The van der Waals surface area contributed by atoms with Crippen molar-refractivity contribution in [2.24, 2.45) is 0 Å². The zero-order chi connectivity index (χ0) is 11.4. The molecule has 0 atom stereocenters. The molecule has 1 N–H and O–H groups in total. The van der Waals surface area contributed by atoms with Gasteiger partial charge in [-0.2, -0.15) is 5.26 Å². The van der Waals surface area contributed by atoms with Gasteiger partial charge >= 0.3 is 0 Å². The van der Waals surface area contributed by atoms with Gasteiger partial charge in [-0.15, -0.1) is 0 Å². The van der Waals surface area contributed by atoms with Crippen LogP contribution in [0, 0.1) is 18.3 Å². The topological polar surface area (TPSA) is 61.6 Å². The normalized spacial score (nSPS) is 9.50. The second-order valence-electron chi connectivity index (χ2n) is 3.42. The fraction of sp³-hybridized carbons (Fsp3) is 0.0833. The zero-order valence-corrected chi connectivity index (χ0v) is 8.81. The second-order valence-corrected chi connectivity index (χ2v) is 3.42. The van der Waals surface area contributed by atoms with Crippen molar-refractivity contribution in [3.63, 3.8) is 0 Å². The lowest BCUT2D eigenvalue weighted by Crippen LogP contribution is -1.94. The number of aromatic nitrogens is 2. The number of hydrogen-bond donors (Lipinski definition) is 1. The Labute approximate surface area is 93.6 Å². The molecular weight excluding hydrogens is 200 g/mol. The van der Waals surface area contributed by atoms with E-state index < -0.39 is 0 Å². The average Bonchev–Trinajstić information content (AvgIpc) is 2.29. The van der Waals surface area contributed by atoms with Crippen LogP contribution in [0.25, 0.3) is 0 Å². The molecular formula is C12H10N4. The highest BCUT2D eigenvalue weighted by Gasteiger charge is 1.98. The summed E-state index contributed by atoms with van der Waals surface area (Å²) in [5.41, 5.74) is 2.52. The molecule has 0 saturated carbocycles. The third-order valence-corrected chi connectivity index (χ3v) is 2.04. The van der Waals surface area contributed by atoms with Crippen LogP contribution in [0.4, 0.5) is 11.5 Å². The Kier molecular flexibility index (Phi) is 2.79. The number of nitriles is 1. The fourth-order valence-corrected chi connectivity index (χ4v) is 1.34. The molecule has 0 amide bonds. The van der Waals surface area contributed by atoms with Gasteiger partial charge in [0.2, 0.25) is 0 Å². The molecule has 78 valence electrons. The predicted octanol–water partition coefficient (Wildman–Crippen LogP) is 2.40. The lowest BCUT2D eigenvalue weighted by Gasteiger charge is -2.05. The van der Waals surface area contributed by atoms with Crippen molar-refractivity contribution in [3.05, 3.63) is 47.9 Å². The Morgan fingerprint density at radius 1 is 1.31 bits per heavy atom. The molecule has 4 nitrogen and oxygen atoms in total. The van der Waals surface area contributed by atoms with Gasteiger partial charge in [-0.3, -0.25) is 4.98 Å². The molecule has 0 aliphatic rings. The van der Waals surface area contributed by atoms with Gasteiger partial charge in [0.25, 0.3) is 0 Å². The lowest BCUT2D eigenvalue weighted by molar-refractivity contribution is 1.24. The van der Waals surface area contributed by atoms with Crippen LogP contribution in [0.1, 0.15) is 11.1 Å². The van der Waals surface area contributed by atoms with Gasteiger partial charge in [0, 0.05) is 12.4 Å². The van der Waals surface area contributed by atoms with Gasteiger partial charge in [-0.25, -0.2) is 4.98 Å². The minimum absolute atomic E-state index is 0.582. The summed E-state index contributed by atoms with van der Waals surface area (Å²) in [6.45, 7) is 1.97. The summed E-state index contributed by atoms with van der Waals surface area (Å²) in [5, 5.41) is 11.8. The highest BCUT2D eigenvalue weighted by molar-refractivity contribution is 5.56. The van der Waals surface area contributed by atoms with Gasteiger partial charge in [-0.1, -0.05) is 0 Å². The minimum atomic E-state index is 0.582. The highest BCUT2D eigenvalue weighted by Crippen LogP contribution is 2.14. The van der Waals surface area contributed by atoms with Gasteiger partial charge in [-0.05, 0) is 30.7 Å². The molecule has 16 heavy (non-hydrogen) atoms. The van der Waals surface area contributed by atoms with Crippen molar-refractivity contribution < 1.29 is 0 Å². The van der Waals surface area contributed by atoms with Crippen molar-refractivity contribution in [1.29, 1.82) is 5.26 Å². The molecule has 0 saturated heterocycles. The van der Waals surface area contributed by atoms with Crippen LogP contribution in [0.5, 0.6) is 0 Å². The maximum Gasteiger partial charge on any atom is 0.131 e. The van der Waals surface area contributed by atoms with Crippen LogP contribution in [0.15, 0.2) is 36.8 Å². The summed E-state index contributed by atoms with van der Waals surface area (Å²) in [6.07, 6.45) is 5.10. The van der Waals surface area contributed by atoms with Gasteiger partial charge in [0.15, 0.2) is 0 Å². The summed E-state index contributed by atoms with van der Waals surface area (Å²) in [5.74, 6) is 0.645. The lowest BCUT2D eigenvalue weighted by atomic mass is 10.2. The summed E-state index contributed by atoms with van der Waals surface area (Å²) < 4.78 is 0. The molecule has 0 radical (unpaired) electrons. The Balaban J connectivity index is 2.24. The average molecular weight is 210 g/mol. The van der Waals surface area contributed by atoms with Crippen molar-refractivity contribution >= 4 is 11.5 Å². The van der Waals surface area contributed by atoms with Crippen LogP contribution in [0.2, 0.25) is 0 Å². The number of anilines is 2. The van der Waals surface area contributed by atoms with E-state index in [4.69, 9.17) is 5.26 Å². The Morgan fingerprint density at radius 3 is 2.94 bits per heavy atom. The highest BCUT2D eigenvalue weighted by atomic mass is 15.0. The first-order chi connectivity index (χ1) is 7.78. The van der Waals surface area contributed by atoms with Crippen molar-refractivity contribution in [1.82, 2.24) is 9.97 Å². The molecule has 0 aliphatic carbocycles. The third-order valence-electron chi connectivity index (χ3n) is 2.04. The van der Waals surface area contributed by atoms with Crippen molar-refractivity contribution in [2.75, 3.05) is 5.32 Å². The van der Waals surface area contributed by atoms with Crippen molar-refractivity contribution in [3.8, 4) is 6.07 Å². The van der Waals surface area contributed by atoms with E-state index in [1.54, 1.807) is 30.7 Å². The summed E-state index contributed by atoms with van der Waals surface area (Å²) in [4.78, 5) is 8.19. The van der Waals surface area contributed by atoms with E-state index >= 15 is 0 Å². The van der Waals surface area contributed by atoms with E-state index in [2.05, 4.69) is 21.4 Å². The van der Waals surface area contributed by atoms with Crippen LogP contribution in [-0.2, 0) is 0 Å². The molecule has 0 aliphatic heterocycles. The Morgan fingerprint density at radius 2 is 2.19 bits per heavy atom. The number of hydrogen-bond acceptors (Lipinski definition) is 4. The molecule has 2 heterocycles. The molecule has 2 rings (SSSR count). The van der Waals surface area contributed by atoms with E-state index in [-0.39, 0.29) is 0 Å². The number of aryl methyl sites for hydroxylation is 1. The Hall–Kier alpha value is -2.41. The quantitative estimate of drug-likeness (QED) is 0.826. The van der Waals surface area contributed by atoms with E-state index in [1.807, 2.05) is 13.0 Å². The molecule has 2 aromatic rings. The van der Waals surface area contributed by atoms with Gasteiger partial charge in [0.05, 0.1) is 23.5 Å². The first kappa shape index (κ1) is 10.1. The summed E-state index contributed by atoms with van der Waals surface area (Å²) in [6, 6.07) is 7.40. The number of nitrogens with zero attached hydrogens (tertiary/aromatic N) is 3. The fourth-order valence-electron chi connectivity index (χ4n) is 1.34.